The lowest BCUT2D eigenvalue weighted by Crippen LogP contribution is -2.39. The monoisotopic (exact) mass is 453 g/mol. The first kappa shape index (κ1) is 22.5. The zero-order valence-electron chi connectivity index (χ0n) is 16.7. The van der Waals surface area contributed by atoms with Crippen LogP contribution in [0.1, 0.15) is 19.4 Å². The molecule has 0 radical (unpaired) electrons. The number of carbonyl (C=O) groups is 1. The van der Waals surface area contributed by atoms with Crippen molar-refractivity contribution in [1.82, 2.24) is 25.5 Å². The van der Waals surface area contributed by atoms with Crippen LogP contribution in [0.15, 0.2) is 48.5 Å². The smallest absolute Gasteiger partial charge is 0.406 e. The van der Waals surface area contributed by atoms with Gasteiger partial charge in [-0.3, -0.25) is 4.79 Å². The van der Waals surface area contributed by atoms with Crippen LogP contribution in [0.5, 0.6) is 5.75 Å². The molecule has 7 nitrogen and oxygen atoms in total. The van der Waals surface area contributed by atoms with Gasteiger partial charge in [0.25, 0.3) is 0 Å². The number of amides is 1. The minimum Gasteiger partial charge on any atom is -0.406 e. The number of aromatic nitrogens is 4. The average Bonchev–Trinajstić information content (AvgIpc) is 3.14. The van der Waals surface area contributed by atoms with Crippen molar-refractivity contribution in [1.29, 1.82) is 0 Å². The van der Waals surface area contributed by atoms with Crippen LogP contribution in [0.25, 0.3) is 11.4 Å². The molecule has 164 valence electrons. The average molecular weight is 454 g/mol. The predicted molar refractivity (Wildman–Crippen MR) is 107 cm³/mol. The molecule has 3 aromatic rings. The molecule has 0 spiro atoms. The Hall–Kier alpha value is -3.14. The normalized spacial score (nSPS) is 11.9. The second-order valence-corrected chi connectivity index (χ2v) is 7.78. The molecule has 0 saturated heterocycles. The van der Waals surface area contributed by atoms with E-state index in [1.165, 1.54) is 16.9 Å². The number of hydrogen-bond acceptors (Lipinski definition) is 5. The van der Waals surface area contributed by atoms with E-state index in [1.807, 2.05) is 18.2 Å². The first-order valence-electron chi connectivity index (χ1n) is 9.19. The summed E-state index contributed by atoms with van der Waals surface area (Å²) in [7, 11) is 0. The summed E-state index contributed by atoms with van der Waals surface area (Å²) in [5, 5.41) is 15.5. The molecule has 0 aliphatic rings. The molecule has 0 aliphatic carbocycles. The van der Waals surface area contributed by atoms with Gasteiger partial charge in [-0.15, -0.1) is 23.4 Å². The third-order valence-corrected chi connectivity index (χ3v) is 4.72. The highest BCUT2D eigenvalue weighted by molar-refractivity contribution is 6.31. The molecule has 0 fully saturated rings. The highest BCUT2D eigenvalue weighted by Crippen LogP contribution is 2.25. The first-order valence-corrected chi connectivity index (χ1v) is 9.57. The molecule has 1 aromatic heterocycles. The lowest BCUT2D eigenvalue weighted by molar-refractivity contribution is -0.274. The number of carbonyl (C=O) groups excluding carboxylic acids is 1. The van der Waals surface area contributed by atoms with Gasteiger partial charge in [-0.2, -0.15) is 4.80 Å². The topological polar surface area (TPSA) is 81.9 Å². The molecule has 1 amide bonds. The second-order valence-electron chi connectivity index (χ2n) is 7.37. The van der Waals surface area contributed by atoms with Crippen LogP contribution < -0.4 is 10.1 Å². The van der Waals surface area contributed by atoms with Gasteiger partial charge < -0.3 is 10.1 Å². The molecule has 0 bridgehead atoms. The number of hydrogen-bond donors (Lipinski definition) is 1. The number of nitrogens with zero attached hydrogens (tertiary/aromatic N) is 4. The van der Waals surface area contributed by atoms with E-state index < -0.39 is 11.8 Å². The van der Waals surface area contributed by atoms with E-state index in [0.717, 1.165) is 17.7 Å². The van der Waals surface area contributed by atoms with Crippen LogP contribution in [0.2, 0.25) is 5.02 Å². The van der Waals surface area contributed by atoms with E-state index in [4.69, 9.17) is 11.6 Å². The minimum absolute atomic E-state index is 0.142. The number of ether oxygens (including phenoxy) is 1. The Morgan fingerprint density at radius 2 is 1.81 bits per heavy atom. The van der Waals surface area contributed by atoms with Gasteiger partial charge in [-0.1, -0.05) is 29.8 Å². The van der Waals surface area contributed by atoms with Gasteiger partial charge in [0.05, 0.1) is 12.0 Å². The molecule has 0 unspecified atom stereocenters. The lowest BCUT2D eigenvalue weighted by Gasteiger charge is -2.22. The number of alkyl halides is 3. The van der Waals surface area contributed by atoms with Gasteiger partial charge in [0.2, 0.25) is 11.7 Å². The summed E-state index contributed by atoms with van der Waals surface area (Å²) in [6.07, 6.45) is -4.76. The van der Waals surface area contributed by atoms with Gasteiger partial charge in [0.15, 0.2) is 0 Å². The molecular formula is C20H19ClF3N5O2. The van der Waals surface area contributed by atoms with Crippen LogP contribution >= 0.6 is 11.6 Å². The molecular weight excluding hydrogens is 435 g/mol. The molecule has 2 aromatic carbocycles. The van der Waals surface area contributed by atoms with Crippen molar-refractivity contribution in [3.63, 3.8) is 0 Å². The molecule has 11 heteroatoms. The van der Waals surface area contributed by atoms with E-state index in [9.17, 15) is 18.0 Å². The summed E-state index contributed by atoms with van der Waals surface area (Å²) in [5.41, 5.74) is 0.401. The third kappa shape index (κ3) is 6.17. The lowest BCUT2D eigenvalue weighted by atomic mass is 9.92. The van der Waals surface area contributed by atoms with Gasteiger partial charge in [0.1, 0.15) is 5.75 Å². The predicted octanol–water partition coefficient (Wildman–Crippen LogP) is 4.23. The quantitative estimate of drug-likeness (QED) is 0.578. The largest absolute Gasteiger partial charge is 0.573 e. The van der Waals surface area contributed by atoms with Crippen molar-refractivity contribution in [2.45, 2.75) is 33.3 Å². The summed E-state index contributed by atoms with van der Waals surface area (Å²) >= 11 is 6.11. The van der Waals surface area contributed by atoms with Crippen LogP contribution in [0, 0.1) is 5.41 Å². The highest BCUT2D eigenvalue weighted by atomic mass is 35.5. The Bertz CT molecular complexity index is 1050. The van der Waals surface area contributed by atoms with Crippen molar-refractivity contribution < 1.29 is 22.7 Å². The number of rotatable bonds is 7. The van der Waals surface area contributed by atoms with Crippen molar-refractivity contribution >= 4 is 17.5 Å². The van der Waals surface area contributed by atoms with Crippen LogP contribution in [0.3, 0.4) is 0 Å². The standard InChI is InChI=1S/C20H19ClF3N5O2/c1-19(2,18(30)25-11-14-5-3-4-6-16(14)21)12-29-27-17(26-28-29)13-7-9-15(10-8-13)31-20(22,23)24/h3-10H,11-12H2,1-2H3,(H,25,30). The summed E-state index contributed by atoms with van der Waals surface area (Å²) in [5.74, 6) is -0.356. The SMILES string of the molecule is CC(C)(Cn1nnc(-c2ccc(OC(F)(F)F)cc2)n1)C(=O)NCc1ccccc1Cl. The number of tetrazole rings is 1. The number of nitrogens with one attached hydrogen (secondary N) is 1. The molecule has 0 atom stereocenters. The van der Waals surface area contributed by atoms with Crippen LogP contribution in [0.4, 0.5) is 13.2 Å². The third-order valence-electron chi connectivity index (χ3n) is 4.35. The Morgan fingerprint density at radius 1 is 1.13 bits per heavy atom. The molecule has 1 N–H and O–H groups in total. The summed E-state index contributed by atoms with van der Waals surface area (Å²) in [6.45, 7) is 3.90. The maximum absolute atomic E-state index is 12.6. The molecule has 3 rings (SSSR count). The molecule has 0 saturated carbocycles. The fourth-order valence-corrected chi connectivity index (χ4v) is 2.92. The van der Waals surface area contributed by atoms with Crippen molar-refractivity contribution in [2.24, 2.45) is 5.41 Å². The molecule has 31 heavy (non-hydrogen) atoms. The Labute approximate surface area is 181 Å². The van der Waals surface area contributed by atoms with Crippen LogP contribution in [-0.4, -0.2) is 32.5 Å². The van der Waals surface area contributed by atoms with E-state index >= 15 is 0 Å². The summed E-state index contributed by atoms with van der Waals surface area (Å²) < 4.78 is 40.6. The Kier molecular flexibility index (Phi) is 6.49. The summed E-state index contributed by atoms with van der Waals surface area (Å²) in [6, 6.07) is 12.3. The molecule has 0 aliphatic heterocycles. The van der Waals surface area contributed by atoms with Crippen molar-refractivity contribution in [3.05, 3.63) is 59.1 Å². The van der Waals surface area contributed by atoms with E-state index in [-0.39, 0.29) is 30.6 Å². The van der Waals surface area contributed by atoms with Crippen LogP contribution in [-0.2, 0) is 17.9 Å². The zero-order valence-corrected chi connectivity index (χ0v) is 17.4. The Balaban J connectivity index is 1.62. The number of benzene rings is 2. The van der Waals surface area contributed by atoms with Gasteiger partial charge in [-0.05, 0) is 55.0 Å². The summed E-state index contributed by atoms with van der Waals surface area (Å²) in [4.78, 5) is 13.9. The van der Waals surface area contributed by atoms with E-state index in [0.29, 0.717) is 10.6 Å². The van der Waals surface area contributed by atoms with Gasteiger partial charge in [-0.25, -0.2) is 0 Å². The van der Waals surface area contributed by atoms with E-state index in [1.54, 1.807) is 19.9 Å². The zero-order chi connectivity index (χ0) is 22.6. The van der Waals surface area contributed by atoms with Gasteiger partial charge >= 0.3 is 6.36 Å². The highest BCUT2D eigenvalue weighted by Gasteiger charge is 2.31. The van der Waals surface area contributed by atoms with Crippen molar-refractivity contribution in [2.75, 3.05) is 0 Å². The fourth-order valence-electron chi connectivity index (χ4n) is 2.71. The maximum Gasteiger partial charge on any atom is 0.573 e. The van der Waals surface area contributed by atoms with Crippen molar-refractivity contribution in [3.8, 4) is 17.1 Å². The maximum atomic E-state index is 12.6. The Morgan fingerprint density at radius 3 is 2.45 bits per heavy atom. The minimum atomic E-state index is -4.76. The second kappa shape index (κ2) is 8.93. The van der Waals surface area contributed by atoms with E-state index in [2.05, 4.69) is 25.5 Å². The first-order chi connectivity index (χ1) is 14.5. The number of halogens is 4. The molecule has 1 heterocycles. The van der Waals surface area contributed by atoms with Gasteiger partial charge in [0, 0.05) is 17.1 Å². The fraction of sp³-hybridized carbons (Fsp3) is 0.300.